The molecule has 2 aromatic heterocycles. The van der Waals surface area contributed by atoms with E-state index in [1.807, 2.05) is 48.5 Å². The van der Waals surface area contributed by atoms with Crippen molar-refractivity contribution < 1.29 is 42.1 Å². The summed E-state index contributed by atoms with van der Waals surface area (Å²) in [5.74, 6) is -0.425. The molecule has 2 aromatic carbocycles. The van der Waals surface area contributed by atoms with Crippen LogP contribution in [0.5, 0.6) is 17.6 Å². The van der Waals surface area contributed by atoms with E-state index in [4.69, 9.17) is 30.8 Å². The number of rotatable bonds is 15. The lowest BCUT2D eigenvalue weighted by Gasteiger charge is -2.24. The highest BCUT2D eigenvalue weighted by atomic mass is 35.5. The van der Waals surface area contributed by atoms with E-state index in [1.54, 1.807) is 21.0 Å². The Bertz CT molecular complexity index is 2070. The molecule has 2 atom stereocenters. The Morgan fingerprint density at radius 2 is 1.64 bits per heavy atom. The number of nitrogens with zero attached hydrogens (tertiary/aromatic N) is 2. The van der Waals surface area contributed by atoms with Crippen molar-refractivity contribution in [2.24, 2.45) is 11.3 Å². The number of hydrogen-bond donors (Lipinski definition) is 2. The number of pyridine rings is 2. The monoisotopic (exact) mass is 779 g/mol. The van der Waals surface area contributed by atoms with Gasteiger partial charge < -0.3 is 24.6 Å². The number of benzene rings is 2. The lowest BCUT2D eigenvalue weighted by molar-refractivity contribution is -0.140. The van der Waals surface area contributed by atoms with Crippen molar-refractivity contribution in [3.05, 3.63) is 87.4 Å². The summed E-state index contributed by atoms with van der Waals surface area (Å²) in [6.07, 6.45) is -2.02. The summed E-state index contributed by atoms with van der Waals surface area (Å²) in [6, 6.07) is 16.1. The van der Waals surface area contributed by atoms with Gasteiger partial charge in [0.1, 0.15) is 17.5 Å². The van der Waals surface area contributed by atoms with Crippen molar-refractivity contribution in [1.29, 1.82) is 0 Å². The van der Waals surface area contributed by atoms with E-state index in [0.29, 0.717) is 72.5 Å². The summed E-state index contributed by atoms with van der Waals surface area (Å²) in [4.78, 5) is 31.9. The molecule has 1 saturated carbocycles. The van der Waals surface area contributed by atoms with Crippen LogP contribution in [0, 0.1) is 11.3 Å². The largest absolute Gasteiger partial charge is 0.481 e. The summed E-state index contributed by atoms with van der Waals surface area (Å²) >= 11 is 7.12. The number of halogens is 4. The van der Waals surface area contributed by atoms with E-state index in [9.17, 15) is 27.9 Å². The molecule has 2 N–H and O–H groups in total. The number of aliphatic carboxylic acids is 1. The van der Waals surface area contributed by atoms with Gasteiger partial charge in [0, 0.05) is 41.6 Å². The normalized spacial score (nSPS) is 17.0. The van der Waals surface area contributed by atoms with Crippen LogP contribution in [0.4, 0.5) is 13.2 Å². The molecule has 55 heavy (non-hydrogen) atoms. The third kappa shape index (κ3) is 9.24. The fourth-order valence-electron chi connectivity index (χ4n) is 7.61. The molecule has 1 fully saturated rings. The quantitative estimate of drug-likeness (QED) is 0.122. The molecule has 0 radical (unpaired) electrons. The molecule has 13 heteroatoms. The van der Waals surface area contributed by atoms with Gasteiger partial charge >= 0.3 is 12.1 Å². The zero-order valence-electron chi connectivity index (χ0n) is 31.3. The number of hydrogen-bond acceptors (Lipinski definition) is 8. The minimum Gasteiger partial charge on any atom is -0.481 e. The Morgan fingerprint density at radius 3 is 2.33 bits per heavy atom. The summed E-state index contributed by atoms with van der Waals surface area (Å²) in [5, 5.41) is 13.1. The number of methoxy groups -OCH3 is 2. The molecule has 9 nitrogen and oxygen atoms in total. The molecule has 2 aliphatic carbocycles. The van der Waals surface area contributed by atoms with E-state index in [-0.39, 0.29) is 24.3 Å². The molecule has 0 amide bonds. The van der Waals surface area contributed by atoms with Gasteiger partial charge in [0.15, 0.2) is 0 Å². The number of nitrogens with one attached hydrogen (secondary N) is 1. The highest BCUT2D eigenvalue weighted by Crippen LogP contribution is 2.46. The van der Waals surface area contributed by atoms with E-state index < -0.39 is 35.1 Å². The number of carbonyl (C=O) groups excluding carboxylic acids is 1. The molecule has 4 aromatic rings. The predicted octanol–water partition coefficient (Wildman–Crippen LogP) is 9.46. The van der Waals surface area contributed by atoms with Gasteiger partial charge in [-0.05, 0) is 78.8 Å². The summed E-state index contributed by atoms with van der Waals surface area (Å²) in [5.41, 5.74) is 4.00. The Labute approximate surface area is 323 Å². The average Bonchev–Trinajstić information content (AvgIpc) is 3.75. The summed E-state index contributed by atoms with van der Waals surface area (Å²) in [6.45, 7) is 4.80. The Hall–Kier alpha value is -4.68. The molecule has 292 valence electrons. The standard InChI is InChI=1S/C42H45ClF3N3O6/c1-41(2,21-36(51)52)18-17-25-20-33(42(44,45)46)40(49-38(25)53-3)55-35-16-14-29-28(7-5-8-30(29)35)31-9-6-10-32(37(31)43)34-15-12-26(39(48-34)54-4)23-47-22-24-11-13-27(50)19-24/h5-10,12,15,20,24,35,47H,11,13-14,16-19,21-23H2,1-4H3,(H,51,52)/t24-,35+/m1/s1. The van der Waals surface area contributed by atoms with E-state index in [1.165, 1.54) is 7.11 Å². The minimum absolute atomic E-state index is 0.000920. The number of Topliss-reactive ketones (excluding diaryl/α,β-unsaturated/α-hetero) is 1. The van der Waals surface area contributed by atoms with Crippen LogP contribution in [0.1, 0.15) is 86.3 Å². The van der Waals surface area contributed by atoms with Crippen molar-refractivity contribution in [1.82, 2.24) is 15.3 Å². The highest BCUT2D eigenvalue weighted by Gasteiger charge is 2.39. The molecule has 2 aliphatic rings. The Kier molecular flexibility index (Phi) is 12.1. The highest BCUT2D eigenvalue weighted by molar-refractivity contribution is 6.36. The van der Waals surface area contributed by atoms with Gasteiger partial charge in [-0.25, -0.2) is 4.98 Å². The first kappa shape index (κ1) is 40.0. The molecular formula is C42H45ClF3N3O6. The molecule has 6 rings (SSSR count). The van der Waals surface area contributed by atoms with Crippen molar-refractivity contribution in [2.75, 3.05) is 20.8 Å². The second kappa shape index (κ2) is 16.6. The molecule has 0 aliphatic heterocycles. The fourth-order valence-corrected chi connectivity index (χ4v) is 7.94. The number of fused-ring (bicyclic) bond motifs is 1. The summed E-state index contributed by atoms with van der Waals surface area (Å²) < 4.78 is 60.7. The molecule has 0 saturated heterocycles. The SMILES string of the molecule is COc1nc(-c2cccc(-c3cccc4c3CC[C@@H]4Oc3nc(OC)c(CCC(C)(C)CC(=O)O)cc3C(F)(F)F)c2Cl)ccc1CNC[C@@H]1CCC(=O)C1. The van der Waals surface area contributed by atoms with Gasteiger partial charge in [0.25, 0.3) is 0 Å². The third-order valence-corrected chi connectivity index (χ3v) is 10.9. The number of carboxylic acid groups (broad SMARTS) is 1. The number of carbonyl (C=O) groups is 2. The number of alkyl halides is 3. The predicted molar refractivity (Wildman–Crippen MR) is 203 cm³/mol. The molecule has 0 bridgehead atoms. The average molecular weight is 780 g/mol. The number of aryl methyl sites for hydroxylation is 1. The lowest BCUT2D eigenvalue weighted by atomic mass is 9.83. The van der Waals surface area contributed by atoms with Crippen LogP contribution in [0.2, 0.25) is 5.02 Å². The number of ketones is 1. The maximum atomic E-state index is 14.5. The van der Waals surface area contributed by atoms with E-state index in [0.717, 1.165) is 46.8 Å². The smallest absolute Gasteiger partial charge is 0.421 e. The van der Waals surface area contributed by atoms with Crippen LogP contribution in [-0.4, -0.2) is 47.6 Å². The van der Waals surface area contributed by atoms with Crippen LogP contribution < -0.4 is 19.5 Å². The first-order chi connectivity index (χ1) is 26.2. The number of aromatic nitrogens is 2. The van der Waals surface area contributed by atoms with Crippen molar-refractivity contribution in [3.63, 3.8) is 0 Å². The van der Waals surface area contributed by atoms with Crippen LogP contribution in [0.3, 0.4) is 0 Å². The second-order valence-electron chi connectivity index (χ2n) is 15.1. The van der Waals surface area contributed by atoms with Crippen LogP contribution >= 0.6 is 11.6 Å². The Morgan fingerprint density at radius 1 is 0.927 bits per heavy atom. The second-order valence-corrected chi connectivity index (χ2v) is 15.4. The van der Waals surface area contributed by atoms with Gasteiger partial charge in [-0.15, -0.1) is 0 Å². The molecule has 2 heterocycles. The zero-order valence-corrected chi connectivity index (χ0v) is 32.1. The number of ether oxygens (including phenoxy) is 3. The fraction of sp³-hybridized carbons (Fsp3) is 0.429. The van der Waals surface area contributed by atoms with Gasteiger partial charge in [-0.2, -0.15) is 18.2 Å². The molecule has 0 spiro atoms. The minimum atomic E-state index is -4.76. The van der Waals surface area contributed by atoms with Crippen molar-refractivity contribution >= 4 is 23.4 Å². The van der Waals surface area contributed by atoms with Crippen LogP contribution in [-0.2, 0) is 35.2 Å². The molecular weight excluding hydrogens is 735 g/mol. The van der Waals surface area contributed by atoms with Crippen molar-refractivity contribution in [3.8, 4) is 40.0 Å². The van der Waals surface area contributed by atoms with Gasteiger partial charge in [0.05, 0.1) is 31.4 Å². The van der Waals surface area contributed by atoms with Gasteiger partial charge in [-0.3, -0.25) is 9.59 Å². The van der Waals surface area contributed by atoms with Crippen LogP contribution in [0.15, 0.2) is 54.6 Å². The zero-order chi connectivity index (χ0) is 39.5. The van der Waals surface area contributed by atoms with Gasteiger partial charge in [-0.1, -0.05) is 67.9 Å². The third-order valence-electron chi connectivity index (χ3n) is 10.5. The first-order valence-electron chi connectivity index (χ1n) is 18.4. The maximum absolute atomic E-state index is 14.5. The lowest BCUT2D eigenvalue weighted by Crippen LogP contribution is -2.21. The van der Waals surface area contributed by atoms with Crippen molar-refractivity contribution in [2.45, 2.75) is 84.0 Å². The van der Waals surface area contributed by atoms with E-state index in [2.05, 4.69) is 10.3 Å². The summed E-state index contributed by atoms with van der Waals surface area (Å²) in [7, 11) is 2.90. The van der Waals surface area contributed by atoms with Crippen LogP contribution in [0.25, 0.3) is 22.4 Å². The first-order valence-corrected chi connectivity index (χ1v) is 18.8. The maximum Gasteiger partial charge on any atom is 0.421 e. The Balaban J connectivity index is 1.24. The number of carboxylic acids is 1. The molecule has 0 unspecified atom stereocenters. The van der Waals surface area contributed by atoms with Gasteiger partial charge in [0.2, 0.25) is 17.6 Å². The van der Waals surface area contributed by atoms with E-state index >= 15 is 0 Å². The topological polar surface area (TPSA) is 120 Å².